The number of hydrogen-bond acceptors (Lipinski definition) is 1. The molecule has 1 N–H and O–H groups in total. The largest absolute Gasteiger partial charge is 0.385 e. The normalized spacial score (nSPS) is 10.1. The minimum absolute atomic E-state index is 1.09. The molecule has 14 heavy (non-hydrogen) atoms. The summed E-state index contributed by atoms with van der Waals surface area (Å²) in [5.74, 6) is 0. The molecule has 0 radical (unpaired) electrons. The lowest BCUT2D eigenvalue weighted by Crippen LogP contribution is -2.00. The van der Waals surface area contributed by atoms with Crippen molar-refractivity contribution in [2.24, 2.45) is 0 Å². The zero-order valence-electron chi connectivity index (χ0n) is 9.34. The molecule has 0 saturated carbocycles. The second-order valence-electron chi connectivity index (χ2n) is 3.73. The van der Waals surface area contributed by atoms with Crippen molar-refractivity contribution in [1.82, 2.24) is 0 Å². The summed E-state index contributed by atoms with van der Waals surface area (Å²) in [6.07, 6.45) is 4.91. The summed E-state index contributed by atoms with van der Waals surface area (Å²) in [6.45, 7) is 5.52. The first-order chi connectivity index (χ1) is 6.86. The summed E-state index contributed by atoms with van der Waals surface area (Å²) in [6, 6.07) is 8.80. The average molecular weight is 191 g/mol. The summed E-state index contributed by atoms with van der Waals surface area (Å²) < 4.78 is 0. The van der Waals surface area contributed by atoms with E-state index in [0.29, 0.717) is 0 Å². The molecule has 0 atom stereocenters. The van der Waals surface area contributed by atoms with E-state index in [1.54, 1.807) is 0 Å². The molecule has 1 heteroatoms. The van der Waals surface area contributed by atoms with Gasteiger partial charge in [0, 0.05) is 12.2 Å². The molecule has 0 unspecified atom stereocenters. The SMILES string of the molecule is CCCCNc1ccc(CCC)cc1. The topological polar surface area (TPSA) is 12.0 Å². The molecule has 0 bridgehead atoms. The van der Waals surface area contributed by atoms with Crippen LogP contribution in [0.25, 0.3) is 0 Å². The molecule has 0 aromatic heterocycles. The van der Waals surface area contributed by atoms with Crippen molar-refractivity contribution in [3.05, 3.63) is 29.8 Å². The van der Waals surface area contributed by atoms with Gasteiger partial charge in [-0.05, 0) is 30.5 Å². The molecule has 0 aliphatic heterocycles. The van der Waals surface area contributed by atoms with E-state index in [9.17, 15) is 0 Å². The highest BCUT2D eigenvalue weighted by Crippen LogP contribution is 2.10. The Labute approximate surface area is 87.5 Å². The van der Waals surface area contributed by atoms with Gasteiger partial charge in [0.25, 0.3) is 0 Å². The Morgan fingerprint density at radius 2 is 1.71 bits per heavy atom. The molecule has 0 spiro atoms. The van der Waals surface area contributed by atoms with Crippen molar-refractivity contribution in [2.45, 2.75) is 39.5 Å². The zero-order valence-corrected chi connectivity index (χ0v) is 9.34. The van der Waals surface area contributed by atoms with Crippen LogP contribution < -0.4 is 5.32 Å². The van der Waals surface area contributed by atoms with Crippen molar-refractivity contribution in [3.63, 3.8) is 0 Å². The number of unbranched alkanes of at least 4 members (excludes halogenated alkanes) is 1. The lowest BCUT2D eigenvalue weighted by molar-refractivity contribution is 0.834. The Balaban J connectivity index is 2.38. The van der Waals surface area contributed by atoms with Crippen LogP contribution in [0.15, 0.2) is 24.3 Å². The summed E-state index contributed by atoms with van der Waals surface area (Å²) in [5.41, 5.74) is 2.69. The van der Waals surface area contributed by atoms with Crippen molar-refractivity contribution in [3.8, 4) is 0 Å². The minimum Gasteiger partial charge on any atom is -0.385 e. The fourth-order valence-electron chi connectivity index (χ4n) is 1.49. The van der Waals surface area contributed by atoms with Crippen LogP contribution >= 0.6 is 0 Å². The molecule has 1 aromatic carbocycles. The van der Waals surface area contributed by atoms with Crippen molar-refractivity contribution in [2.75, 3.05) is 11.9 Å². The Kier molecular flexibility index (Phi) is 5.13. The van der Waals surface area contributed by atoms with E-state index in [0.717, 1.165) is 6.54 Å². The second-order valence-corrected chi connectivity index (χ2v) is 3.73. The highest BCUT2D eigenvalue weighted by Gasteiger charge is 1.92. The van der Waals surface area contributed by atoms with Gasteiger partial charge in [0.15, 0.2) is 0 Å². The third-order valence-corrected chi connectivity index (χ3v) is 2.35. The van der Waals surface area contributed by atoms with Gasteiger partial charge in [-0.1, -0.05) is 38.8 Å². The van der Waals surface area contributed by atoms with E-state index in [1.165, 1.54) is 36.9 Å². The first kappa shape index (κ1) is 11.1. The number of nitrogens with one attached hydrogen (secondary N) is 1. The van der Waals surface area contributed by atoms with Crippen LogP contribution in [0, 0.1) is 0 Å². The molecule has 1 rings (SSSR count). The van der Waals surface area contributed by atoms with Gasteiger partial charge in [-0.15, -0.1) is 0 Å². The van der Waals surface area contributed by atoms with Gasteiger partial charge in [-0.2, -0.15) is 0 Å². The molecule has 78 valence electrons. The van der Waals surface area contributed by atoms with Crippen LogP contribution in [0.1, 0.15) is 38.7 Å². The quantitative estimate of drug-likeness (QED) is 0.673. The number of rotatable bonds is 6. The standard InChI is InChI=1S/C13H21N/c1-3-5-11-14-13-9-7-12(6-4-2)8-10-13/h7-10,14H,3-6,11H2,1-2H3. The Morgan fingerprint density at radius 3 is 2.29 bits per heavy atom. The van der Waals surface area contributed by atoms with Crippen LogP contribution in [0.5, 0.6) is 0 Å². The smallest absolute Gasteiger partial charge is 0.0340 e. The molecule has 0 fully saturated rings. The lowest BCUT2D eigenvalue weighted by atomic mass is 10.1. The van der Waals surface area contributed by atoms with Gasteiger partial charge in [-0.3, -0.25) is 0 Å². The van der Waals surface area contributed by atoms with Gasteiger partial charge in [0.05, 0.1) is 0 Å². The van der Waals surface area contributed by atoms with E-state index < -0.39 is 0 Å². The number of anilines is 1. The summed E-state index contributed by atoms with van der Waals surface area (Å²) >= 11 is 0. The fourth-order valence-corrected chi connectivity index (χ4v) is 1.49. The molecule has 1 nitrogen and oxygen atoms in total. The molecule has 0 aliphatic rings. The van der Waals surface area contributed by atoms with Crippen molar-refractivity contribution in [1.29, 1.82) is 0 Å². The van der Waals surface area contributed by atoms with E-state index in [-0.39, 0.29) is 0 Å². The van der Waals surface area contributed by atoms with Crippen LogP contribution in [-0.2, 0) is 6.42 Å². The van der Waals surface area contributed by atoms with Crippen LogP contribution in [0.3, 0.4) is 0 Å². The minimum atomic E-state index is 1.09. The predicted octanol–water partition coefficient (Wildman–Crippen LogP) is 3.85. The number of benzene rings is 1. The van der Waals surface area contributed by atoms with Gasteiger partial charge in [0.2, 0.25) is 0 Å². The van der Waals surface area contributed by atoms with Gasteiger partial charge in [-0.25, -0.2) is 0 Å². The van der Waals surface area contributed by atoms with Crippen molar-refractivity contribution >= 4 is 5.69 Å². The third kappa shape index (κ3) is 3.82. The van der Waals surface area contributed by atoms with E-state index in [4.69, 9.17) is 0 Å². The highest BCUT2D eigenvalue weighted by molar-refractivity contribution is 5.44. The fraction of sp³-hybridized carbons (Fsp3) is 0.538. The van der Waals surface area contributed by atoms with Crippen molar-refractivity contribution < 1.29 is 0 Å². The summed E-state index contributed by atoms with van der Waals surface area (Å²) in [4.78, 5) is 0. The Morgan fingerprint density at radius 1 is 1.00 bits per heavy atom. The van der Waals surface area contributed by atoms with Crippen LogP contribution in [0.2, 0.25) is 0 Å². The third-order valence-electron chi connectivity index (χ3n) is 2.35. The first-order valence-corrected chi connectivity index (χ1v) is 5.69. The highest BCUT2D eigenvalue weighted by atomic mass is 14.9. The first-order valence-electron chi connectivity index (χ1n) is 5.69. The molecular weight excluding hydrogens is 170 g/mol. The summed E-state index contributed by atoms with van der Waals surface area (Å²) in [7, 11) is 0. The maximum atomic E-state index is 3.41. The monoisotopic (exact) mass is 191 g/mol. The maximum absolute atomic E-state index is 3.41. The van der Waals surface area contributed by atoms with E-state index in [1.807, 2.05) is 0 Å². The average Bonchev–Trinajstić information content (AvgIpc) is 2.21. The van der Waals surface area contributed by atoms with Gasteiger partial charge >= 0.3 is 0 Å². The van der Waals surface area contributed by atoms with E-state index in [2.05, 4.69) is 43.4 Å². The van der Waals surface area contributed by atoms with E-state index >= 15 is 0 Å². The van der Waals surface area contributed by atoms with Gasteiger partial charge in [0.1, 0.15) is 0 Å². The zero-order chi connectivity index (χ0) is 10.2. The molecular formula is C13H21N. The van der Waals surface area contributed by atoms with Crippen LogP contribution in [-0.4, -0.2) is 6.54 Å². The predicted molar refractivity (Wildman–Crippen MR) is 63.8 cm³/mol. The second kappa shape index (κ2) is 6.47. The van der Waals surface area contributed by atoms with Crippen LogP contribution in [0.4, 0.5) is 5.69 Å². The molecule has 1 aromatic rings. The lowest BCUT2D eigenvalue weighted by Gasteiger charge is -2.06. The molecule has 0 amide bonds. The Hall–Kier alpha value is -0.980. The number of aryl methyl sites for hydroxylation is 1. The summed E-state index contributed by atoms with van der Waals surface area (Å²) in [5, 5.41) is 3.41. The Bertz CT molecular complexity index is 238. The van der Waals surface area contributed by atoms with Gasteiger partial charge < -0.3 is 5.32 Å². The number of hydrogen-bond donors (Lipinski definition) is 1. The molecule has 0 saturated heterocycles. The maximum Gasteiger partial charge on any atom is 0.0340 e. The molecule has 0 heterocycles. The molecule has 0 aliphatic carbocycles.